The van der Waals surface area contributed by atoms with Gasteiger partial charge in [-0.25, -0.2) is 0 Å². The first kappa shape index (κ1) is 26.7. The Labute approximate surface area is 205 Å². The standard InChI is InChI=1S/C25H31N3O5S/c1-4-5-6-7-16-33-20-12-10-19(11-13-20)24(30)27-28-25(34)26-23(29)15-9-18-8-14-21(31-2)22(17-18)32-3/h8-15,17H,4-7,16H2,1-3H3,(H,27,30)(H2,26,28,29,34). The van der Waals surface area contributed by atoms with Crippen LogP contribution in [-0.4, -0.2) is 37.8 Å². The van der Waals surface area contributed by atoms with Crippen LogP contribution in [0.15, 0.2) is 48.5 Å². The summed E-state index contributed by atoms with van der Waals surface area (Å²) >= 11 is 5.05. The number of amides is 2. The van der Waals surface area contributed by atoms with Crippen molar-refractivity contribution in [3.63, 3.8) is 0 Å². The molecular weight excluding hydrogens is 454 g/mol. The predicted octanol–water partition coefficient (Wildman–Crippen LogP) is 4.01. The third-order valence-electron chi connectivity index (χ3n) is 4.74. The van der Waals surface area contributed by atoms with E-state index in [1.165, 1.54) is 26.0 Å². The molecule has 34 heavy (non-hydrogen) atoms. The first-order chi connectivity index (χ1) is 16.5. The van der Waals surface area contributed by atoms with Gasteiger partial charge in [-0.15, -0.1) is 0 Å². The second-order valence-corrected chi connectivity index (χ2v) is 7.69. The Morgan fingerprint density at radius 2 is 1.68 bits per heavy atom. The van der Waals surface area contributed by atoms with Crippen molar-refractivity contribution >= 4 is 35.2 Å². The predicted molar refractivity (Wildman–Crippen MR) is 136 cm³/mol. The molecule has 2 rings (SSSR count). The molecule has 0 bridgehead atoms. The lowest BCUT2D eigenvalue weighted by Gasteiger charge is -2.10. The molecule has 9 heteroatoms. The van der Waals surface area contributed by atoms with Gasteiger partial charge in [-0.1, -0.05) is 32.3 Å². The zero-order valence-electron chi connectivity index (χ0n) is 19.7. The molecule has 0 heterocycles. The maximum absolute atomic E-state index is 12.3. The largest absolute Gasteiger partial charge is 0.494 e. The molecule has 0 atom stereocenters. The summed E-state index contributed by atoms with van der Waals surface area (Å²) in [6, 6.07) is 12.1. The SMILES string of the molecule is CCCCCCOc1ccc(C(=O)NNC(=S)NC(=O)C=Cc2ccc(OC)c(OC)c2)cc1. The average Bonchev–Trinajstić information content (AvgIpc) is 2.86. The van der Waals surface area contributed by atoms with Crippen LogP contribution in [0.25, 0.3) is 6.08 Å². The molecule has 2 aromatic carbocycles. The van der Waals surface area contributed by atoms with Crippen molar-refractivity contribution in [1.82, 2.24) is 16.2 Å². The molecule has 8 nitrogen and oxygen atoms in total. The van der Waals surface area contributed by atoms with Gasteiger partial charge in [0.15, 0.2) is 16.6 Å². The van der Waals surface area contributed by atoms with Crippen molar-refractivity contribution in [2.24, 2.45) is 0 Å². The van der Waals surface area contributed by atoms with Gasteiger partial charge < -0.3 is 14.2 Å². The summed E-state index contributed by atoms with van der Waals surface area (Å²) in [5.74, 6) is 1.00. The summed E-state index contributed by atoms with van der Waals surface area (Å²) in [4.78, 5) is 24.4. The molecule has 0 aliphatic rings. The average molecular weight is 486 g/mol. The van der Waals surface area contributed by atoms with E-state index in [0.29, 0.717) is 29.4 Å². The van der Waals surface area contributed by atoms with E-state index in [9.17, 15) is 9.59 Å². The minimum Gasteiger partial charge on any atom is -0.494 e. The summed E-state index contributed by atoms with van der Waals surface area (Å²) in [5.41, 5.74) is 6.13. The Bertz CT molecular complexity index is 993. The highest BCUT2D eigenvalue weighted by Crippen LogP contribution is 2.27. The van der Waals surface area contributed by atoms with Gasteiger partial charge in [0.25, 0.3) is 5.91 Å². The van der Waals surface area contributed by atoms with Crippen molar-refractivity contribution < 1.29 is 23.8 Å². The van der Waals surface area contributed by atoms with Gasteiger partial charge in [0.2, 0.25) is 5.91 Å². The molecule has 0 spiro atoms. The van der Waals surface area contributed by atoms with E-state index in [-0.39, 0.29) is 5.11 Å². The minimum absolute atomic E-state index is 0.0395. The molecule has 0 aliphatic heterocycles. The van der Waals surface area contributed by atoms with Gasteiger partial charge in [0.05, 0.1) is 20.8 Å². The molecule has 2 aromatic rings. The number of ether oxygens (including phenoxy) is 3. The number of methoxy groups -OCH3 is 2. The smallest absolute Gasteiger partial charge is 0.269 e. The molecule has 0 saturated heterocycles. The fourth-order valence-electron chi connectivity index (χ4n) is 2.92. The molecule has 0 radical (unpaired) electrons. The number of carbonyl (C=O) groups is 2. The first-order valence-electron chi connectivity index (χ1n) is 11.0. The third-order valence-corrected chi connectivity index (χ3v) is 4.95. The molecule has 182 valence electrons. The lowest BCUT2D eigenvalue weighted by atomic mass is 10.2. The summed E-state index contributed by atoms with van der Waals surface area (Å²) in [6.45, 7) is 2.82. The van der Waals surface area contributed by atoms with E-state index in [0.717, 1.165) is 18.4 Å². The number of hydrogen-bond acceptors (Lipinski definition) is 6. The van der Waals surface area contributed by atoms with Crippen molar-refractivity contribution in [2.75, 3.05) is 20.8 Å². The molecule has 0 fully saturated rings. The Kier molecular flexibility index (Phi) is 11.4. The van der Waals surface area contributed by atoms with E-state index < -0.39 is 11.8 Å². The van der Waals surface area contributed by atoms with Crippen LogP contribution in [0.4, 0.5) is 0 Å². The Balaban J connectivity index is 1.76. The topological polar surface area (TPSA) is 97.9 Å². The van der Waals surface area contributed by atoms with Crippen molar-refractivity contribution in [2.45, 2.75) is 32.6 Å². The van der Waals surface area contributed by atoms with Gasteiger partial charge in [-0.3, -0.25) is 25.8 Å². The van der Waals surface area contributed by atoms with Crippen LogP contribution in [-0.2, 0) is 4.79 Å². The van der Waals surface area contributed by atoms with Crippen LogP contribution in [0, 0.1) is 0 Å². The van der Waals surface area contributed by atoms with Crippen LogP contribution in [0.5, 0.6) is 17.2 Å². The van der Waals surface area contributed by atoms with Crippen LogP contribution in [0.3, 0.4) is 0 Å². The monoisotopic (exact) mass is 485 g/mol. The highest BCUT2D eigenvalue weighted by Gasteiger charge is 2.08. The third kappa shape index (κ3) is 9.11. The maximum Gasteiger partial charge on any atom is 0.269 e. The van der Waals surface area contributed by atoms with Crippen LogP contribution >= 0.6 is 12.2 Å². The second kappa shape index (κ2) is 14.5. The van der Waals surface area contributed by atoms with E-state index in [1.54, 1.807) is 55.7 Å². The number of rotatable bonds is 11. The number of hydrogen-bond donors (Lipinski definition) is 3. The number of thiocarbonyl (C=S) groups is 1. The zero-order chi connectivity index (χ0) is 24.8. The van der Waals surface area contributed by atoms with Crippen LogP contribution < -0.4 is 30.4 Å². The second-order valence-electron chi connectivity index (χ2n) is 7.28. The summed E-state index contributed by atoms with van der Waals surface area (Å²) in [7, 11) is 3.08. The lowest BCUT2D eigenvalue weighted by molar-refractivity contribution is -0.115. The van der Waals surface area contributed by atoms with E-state index in [1.807, 2.05) is 0 Å². The van der Waals surface area contributed by atoms with Gasteiger partial charge >= 0.3 is 0 Å². The van der Waals surface area contributed by atoms with Crippen molar-refractivity contribution in [1.29, 1.82) is 0 Å². The van der Waals surface area contributed by atoms with Crippen LogP contribution in [0.1, 0.15) is 48.5 Å². The minimum atomic E-state index is -0.457. The van der Waals surface area contributed by atoms with E-state index in [4.69, 9.17) is 26.4 Å². The molecule has 0 aromatic heterocycles. The van der Waals surface area contributed by atoms with E-state index >= 15 is 0 Å². The van der Waals surface area contributed by atoms with Crippen molar-refractivity contribution in [3.8, 4) is 17.2 Å². The normalized spacial score (nSPS) is 10.4. The number of unbranched alkanes of at least 4 members (excludes halogenated alkanes) is 3. The van der Waals surface area contributed by atoms with Crippen LogP contribution in [0.2, 0.25) is 0 Å². The summed E-state index contributed by atoms with van der Waals surface area (Å²) in [6.07, 6.45) is 7.45. The maximum atomic E-state index is 12.3. The van der Waals surface area contributed by atoms with Gasteiger partial charge in [-0.2, -0.15) is 0 Å². The molecule has 0 aliphatic carbocycles. The fraction of sp³-hybridized carbons (Fsp3) is 0.320. The fourth-order valence-corrected chi connectivity index (χ4v) is 3.07. The summed E-state index contributed by atoms with van der Waals surface area (Å²) < 4.78 is 16.1. The molecule has 3 N–H and O–H groups in total. The zero-order valence-corrected chi connectivity index (χ0v) is 20.5. The van der Waals surface area contributed by atoms with Gasteiger partial charge in [0.1, 0.15) is 5.75 Å². The Morgan fingerprint density at radius 3 is 2.35 bits per heavy atom. The Morgan fingerprint density at radius 1 is 0.941 bits per heavy atom. The molecule has 0 unspecified atom stereocenters. The Hall–Kier alpha value is -3.59. The summed E-state index contributed by atoms with van der Waals surface area (Å²) in [5, 5.41) is 2.42. The van der Waals surface area contributed by atoms with Gasteiger partial charge in [0, 0.05) is 11.6 Å². The lowest BCUT2D eigenvalue weighted by Crippen LogP contribution is -2.48. The highest BCUT2D eigenvalue weighted by atomic mass is 32.1. The number of nitrogens with one attached hydrogen (secondary N) is 3. The quantitative estimate of drug-likeness (QED) is 0.191. The number of benzene rings is 2. The molecule has 0 saturated carbocycles. The molecule has 2 amide bonds. The number of hydrazine groups is 1. The number of carbonyl (C=O) groups excluding carboxylic acids is 2. The van der Waals surface area contributed by atoms with E-state index in [2.05, 4.69) is 23.1 Å². The first-order valence-corrected chi connectivity index (χ1v) is 11.4. The van der Waals surface area contributed by atoms with Gasteiger partial charge in [-0.05, 0) is 66.7 Å². The van der Waals surface area contributed by atoms with Crippen molar-refractivity contribution in [3.05, 3.63) is 59.7 Å². The molecular formula is C25H31N3O5S. The highest BCUT2D eigenvalue weighted by molar-refractivity contribution is 7.80.